The van der Waals surface area contributed by atoms with Crippen molar-refractivity contribution in [3.63, 3.8) is 0 Å². The van der Waals surface area contributed by atoms with Crippen LogP contribution in [-0.2, 0) is 16.1 Å². The van der Waals surface area contributed by atoms with Crippen LogP contribution in [0.1, 0.15) is 25.0 Å². The minimum atomic E-state index is -0.413. The van der Waals surface area contributed by atoms with E-state index in [1.54, 1.807) is 55.5 Å². The molecule has 0 spiro atoms. The molecule has 0 saturated heterocycles. The van der Waals surface area contributed by atoms with Gasteiger partial charge in [0.1, 0.15) is 11.6 Å². The maximum atomic E-state index is 12.3. The molecule has 0 N–H and O–H groups in total. The van der Waals surface area contributed by atoms with E-state index in [1.165, 1.54) is 4.68 Å². The molecule has 0 amide bonds. The topological polar surface area (TPSA) is 74.1 Å². The first-order valence-electron chi connectivity index (χ1n) is 7.82. The van der Waals surface area contributed by atoms with Crippen LogP contribution in [0.5, 0.6) is 0 Å². The van der Waals surface area contributed by atoms with Crippen molar-refractivity contribution in [1.29, 1.82) is 0 Å². The summed E-state index contributed by atoms with van der Waals surface area (Å²) in [6.07, 6.45) is -0.366. The van der Waals surface area contributed by atoms with Crippen LogP contribution in [0.4, 0.5) is 0 Å². The van der Waals surface area contributed by atoms with Crippen molar-refractivity contribution in [1.82, 2.24) is 15.0 Å². The number of halogens is 1. The summed E-state index contributed by atoms with van der Waals surface area (Å²) in [5, 5.41) is 8.94. The highest BCUT2D eigenvalue weighted by Gasteiger charge is 2.13. The number of aromatic nitrogens is 3. The van der Waals surface area contributed by atoms with Gasteiger partial charge in [0.05, 0.1) is 18.4 Å². The first-order chi connectivity index (χ1) is 12.0. The van der Waals surface area contributed by atoms with E-state index in [-0.39, 0.29) is 18.5 Å². The Morgan fingerprint density at radius 2 is 1.92 bits per heavy atom. The molecule has 1 unspecified atom stereocenters. The summed E-state index contributed by atoms with van der Waals surface area (Å²) >= 11 is 5.84. The SMILES string of the molecule is CC(OC(=O)CCn1nnc2ccccc2c1=O)c1ccc(Cl)cc1. The van der Waals surface area contributed by atoms with Crippen LogP contribution in [-0.4, -0.2) is 21.0 Å². The first kappa shape index (κ1) is 17.1. The smallest absolute Gasteiger partial charge is 0.308 e. The molecule has 6 nitrogen and oxygen atoms in total. The van der Waals surface area contributed by atoms with Crippen molar-refractivity contribution in [3.8, 4) is 0 Å². The second-order valence-corrected chi connectivity index (χ2v) is 6.00. The summed E-state index contributed by atoms with van der Waals surface area (Å²) in [6, 6.07) is 14.0. The fourth-order valence-corrected chi connectivity index (χ4v) is 2.55. The fraction of sp³-hybridized carbons (Fsp3) is 0.222. The van der Waals surface area contributed by atoms with Gasteiger partial charge >= 0.3 is 5.97 Å². The van der Waals surface area contributed by atoms with Gasteiger partial charge in [0.15, 0.2) is 0 Å². The number of ether oxygens (including phenoxy) is 1. The van der Waals surface area contributed by atoms with Gasteiger partial charge in [0.25, 0.3) is 5.56 Å². The van der Waals surface area contributed by atoms with E-state index in [9.17, 15) is 9.59 Å². The number of aryl methyl sites for hydroxylation is 1. The highest BCUT2D eigenvalue weighted by molar-refractivity contribution is 6.30. The number of rotatable bonds is 5. The fourth-order valence-electron chi connectivity index (χ4n) is 2.42. The Morgan fingerprint density at radius 1 is 1.20 bits per heavy atom. The van der Waals surface area contributed by atoms with Gasteiger partial charge < -0.3 is 4.74 Å². The maximum absolute atomic E-state index is 12.3. The summed E-state index contributed by atoms with van der Waals surface area (Å²) in [5.74, 6) is -0.413. The normalized spacial score (nSPS) is 12.1. The minimum Gasteiger partial charge on any atom is -0.458 e. The van der Waals surface area contributed by atoms with Gasteiger partial charge in [-0.05, 0) is 36.8 Å². The van der Waals surface area contributed by atoms with E-state index in [4.69, 9.17) is 16.3 Å². The lowest BCUT2D eigenvalue weighted by Crippen LogP contribution is -2.26. The van der Waals surface area contributed by atoms with E-state index in [2.05, 4.69) is 10.3 Å². The van der Waals surface area contributed by atoms with Gasteiger partial charge in [-0.2, -0.15) is 0 Å². The predicted octanol–water partition coefficient (Wildman–Crippen LogP) is 3.14. The van der Waals surface area contributed by atoms with Crippen molar-refractivity contribution in [3.05, 3.63) is 69.5 Å². The zero-order valence-electron chi connectivity index (χ0n) is 13.6. The van der Waals surface area contributed by atoms with Crippen molar-refractivity contribution in [2.24, 2.45) is 0 Å². The lowest BCUT2D eigenvalue weighted by Gasteiger charge is -2.13. The summed E-state index contributed by atoms with van der Waals surface area (Å²) in [4.78, 5) is 24.3. The molecule has 3 aromatic rings. The second kappa shape index (κ2) is 7.44. The average molecular weight is 358 g/mol. The van der Waals surface area contributed by atoms with E-state index in [1.807, 2.05) is 0 Å². The molecule has 2 aromatic carbocycles. The van der Waals surface area contributed by atoms with Crippen LogP contribution < -0.4 is 5.56 Å². The molecular formula is C18H16ClN3O3. The Hall–Kier alpha value is -2.73. The van der Waals surface area contributed by atoms with Crippen molar-refractivity contribution in [2.45, 2.75) is 26.0 Å². The minimum absolute atomic E-state index is 0.0326. The third-order valence-electron chi connectivity index (χ3n) is 3.80. The van der Waals surface area contributed by atoms with Crippen LogP contribution in [0.3, 0.4) is 0 Å². The number of fused-ring (bicyclic) bond motifs is 1. The second-order valence-electron chi connectivity index (χ2n) is 5.57. The summed E-state index contributed by atoms with van der Waals surface area (Å²) in [5.41, 5.74) is 1.10. The van der Waals surface area contributed by atoms with E-state index < -0.39 is 12.1 Å². The standard InChI is InChI=1S/C18H16ClN3O3/c1-12(13-6-8-14(19)9-7-13)25-17(23)10-11-22-18(24)15-4-2-3-5-16(15)20-21-22/h2-9,12H,10-11H2,1H3. The summed E-state index contributed by atoms with van der Waals surface area (Å²) < 4.78 is 6.56. The lowest BCUT2D eigenvalue weighted by atomic mass is 10.1. The largest absolute Gasteiger partial charge is 0.458 e. The monoisotopic (exact) mass is 357 g/mol. The number of hydrogen-bond acceptors (Lipinski definition) is 5. The van der Waals surface area contributed by atoms with E-state index in [0.717, 1.165) is 5.56 Å². The van der Waals surface area contributed by atoms with E-state index in [0.29, 0.717) is 15.9 Å². The molecule has 0 bridgehead atoms. The number of esters is 1. The number of benzene rings is 2. The maximum Gasteiger partial charge on any atom is 0.308 e. The van der Waals surface area contributed by atoms with Gasteiger partial charge in [-0.25, -0.2) is 4.68 Å². The van der Waals surface area contributed by atoms with Crippen LogP contribution >= 0.6 is 11.6 Å². The summed E-state index contributed by atoms with van der Waals surface area (Å²) in [7, 11) is 0. The Bertz CT molecular complexity index is 954. The summed E-state index contributed by atoms with van der Waals surface area (Å²) in [6.45, 7) is 1.89. The molecule has 0 fully saturated rings. The number of hydrogen-bond donors (Lipinski definition) is 0. The van der Waals surface area contributed by atoms with Gasteiger partial charge in [-0.15, -0.1) is 5.10 Å². The van der Waals surface area contributed by atoms with Crippen LogP contribution in [0.25, 0.3) is 10.9 Å². The van der Waals surface area contributed by atoms with Gasteiger partial charge in [0, 0.05) is 5.02 Å². The number of carbonyl (C=O) groups is 1. The van der Waals surface area contributed by atoms with Crippen molar-refractivity contribution < 1.29 is 9.53 Å². The molecule has 25 heavy (non-hydrogen) atoms. The Morgan fingerprint density at radius 3 is 2.68 bits per heavy atom. The van der Waals surface area contributed by atoms with Crippen LogP contribution in [0.15, 0.2) is 53.3 Å². The lowest BCUT2D eigenvalue weighted by molar-refractivity contribution is -0.148. The predicted molar refractivity (Wildman–Crippen MR) is 94.4 cm³/mol. The van der Waals surface area contributed by atoms with Gasteiger partial charge in [0.2, 0.25) is 0 Å². The molecule has 0 radical (unpaired) electrons. The first-order valence-corrected chi connectivity index (χ1v) is 8.20. The quantitative estimate of drug-likeness (QED) is 0.656. The Balaban J connectivity index is 1.63. The molecule has 0 aliphatic rings. The molecule has 1 heterocycles. The Kier molecular flexibility index (Phi) is 5.09. The third kappa shape index (κ3) is 4.03. The zero-order valence-corrected chi connectivity index (χ0v) is 14.3. The van der Waals surface area contributed by atoms with Crippen LogP contribution in [0, 0.1) is 0 Å². The number of nitrogens with zero attached hydrogens (tertiary/aromatic N) is 3. The molecular weight excluding hydrogens is 342 g/mol. The molecule has 0 aliphatic heterocycles. The highest BCUT2D eigenvalue weighted by atomic mass is 35.5. The average Bonchev–Trinajstić information content (AvgIpc) is 2.62. The van der Waals surface area contributed by atoms with Crippen molar-refractivity contribution >= 4 is 28.5 Å². The van der Waals surface area contributed by atoms with Gasteiger partial charge in [-0.1, -0.05) is 41.1 Å². The van der Waals surface area contributed by atoms with E-state index >= 15 is 0 Å². The molecule has 128 valence electrons. The molecule has 7 heteroatoms. The highest BCUT2D eigenvalue weighted by Crippen LogP contribution is 2.19. The van der Waals surface area contributed by atoms with Crippen LogP contribution in [0.2, 0.25) is 5.02 Å². The number of carbonyl (C=O) groups excluding carboxylic acids is 1. The molecule has 1 aromatic heterocycles. The molecule has 1 atom stereocenters. The Labute approximate surface area is 149 Å². The van der Waals surface area contributed by atoms with Crippen molar-refractivity contribution in [2.75, 3.05) is 0 Å². The third-order valence-corrected chi connectivity index (χ3v) is 4.06. The zero-order chi connectivity index (χ0) is 17.8. The van der Waals surface area contributed by atoms with Gasteiger partial charge in [-0.3, -0.25) is 9.59 Å². The molecule has 0 saturated carbocycles. The molecule has 0 aliphatic carbocycles. The molecule has 3 rings (SSSR count).